The lowest BCUT2D eigenvalue weighted by molar-refractivity contribution is 0.0359. The lowest BCUT2D eigenvalue weighted by Gasteiger charge is -2.31. The van der Waals surface area contributed by atoms with E-state index in [1.165, 1.54) is 0 Å². The van der Waals surface area contributed by atoms with Crippen molar-refractivity contribution in [3.63, 3.8) is 0 Å². The molecule has 0 bridgehead atoms. The van der Waals surface area contributed by atoms with Crippen molar-refractivity contribution in [2.45, 2.75) is 18.9 Å². The molecule has 0 aliphatic carbocycles. The van der Waals surface area contributed by atoms with Gasteiger partial charge in [-0.15, -0.1) is 0 Å². The molecule has 0 radical (unpaired) electrons. The van der Waals surface area contributed by atoms with Gasteiger partial charge in [-0.25, -0.2) is 4.98 Å². The van der Waals surface area contributed by atoms with E-state index in [-0.39, 0.29) is 11.9 Å². The molecule has 0 N–H and O–H groups in total. The monoisotopic (exact) mass is 254 g/mol. The first-order valence-electron chi connectivity index (χ1n) is 5.66. The van der Waals surface area contributed by atoms with Crippen molar-refractivity contribution in [3.05, 3.63) is 29.0 Å². The van der Waals surface area contributed by atoms with E-state index in [0.29, 0.717) is 24.1 Å². The first-order chi connectivity index (χ1) is 8.18. The summed E-state index contributed by atoms with van der Waals surface area (Å²) in [6, 6.07) is 5.31. The zero-order valence-corrected chi connectivity index (χ0v) is 10.5. The third-order valence-electron chi connectivity index (χ3n) is 2.99. The predicted molar refractivity (Wildman–Crippen MR) is 65.2 cm³/mol. The molecule has 2 heterocycles. The van der Waals surface area contributed by atoms with Gasteiger partial charge in [-0.2, -0.15) is 0 Å². The number of pyridine rings is 1. The van der Waals surface area contributed by atoms with Gasteiger partial charge in [0.1, 0.15) is 10.8 Å². The largest absolute Gasteiger partial charge is 0.381 e. The Morgan fingerprint density at radius 1 is 1.47 bits per heavy atom. The third kappa shape index (κ3) is 2.96. The Morgan fingerprint density at radius 2 is 2.18 bits per heavy atom. The van der Waals surface area contributed by atoms with E-state index in [0.717, 1.165) is 12.8 Å². The minimum atomic E-state index is -0.0839. The molecule has 0 saturated carbocycles. The molecule has 17 heavy (non-hydrogen) atoms. The lowest BCUT2D eigenvalue weighted by Crippen LogP contribution is -2.40. The van der Waals surface area contributed by atoms with Gasteiger partial charge in [-0.3, -0.25) is 4.79 Å². The summed E-state index contributed by atoms with van der Waals surface area (Å²) >= 11 is 5.78. The molecule has 0 aromatic carbocycles. The minimum absolute atomic E-state index is 0.0839. The van der Waals surface area contributed by atoms with Crippen LogP contribution in [0, 0.1) is 0 Å². The molecule has 1 amide bonds. The van der Waals surface area contributed by atoms with Gasteiger partial charge in [-0.05, 0) is 25.0 Å². The molecule has 1 saturated heterocycles. The number of hydrogen-bond acceptors (Lipinski definition) is 3. The Hall–Kier alpha value is -1.13. The molecule has 4 nitrogen and oxygen atoms in total. The fourth-order valence-corrected chi connectivity index (χ4v) is 2.11. The number of carbonyl (C=O) groups is 1. The normalized spacial score (nSPS) is 16.8. The van der Waals surface area contributed by atoms with Crippen molar-refractivity contribution in [2.75, 3.05) is 20.3 Å². The number of hydrogen-bond donors (Lipinski definition) is 0. The fourth-order valence-electron chi connectivity index (χ4n) is 1.95. The van der Waals surface area contributed by atoms with Gasteiger partial charge < -0.3 is 9.64 Å². The van der Waals surface area contributed by atoms with Crippen LogP contribution in [0.2, 0.25) is 5.15 Å². The highest BCUT2D eigenvalue weighted by atomic mass is 35.5. The molecule has 0 atom stereocenters. The van der Waals surface area contributed by atoms with E-state index in [2.05, 4.69) is 4.98 Å². The number of aromatic nitrogens is 1. The third-order valence-corrected chi connectivity index (χ3v) is 3.20. The topological polar surface area (TPSA) is 42.4 Å². The molecule has 1 aromatic rings. The highest BCUT2D eigenvalue weighted by Gasteiger charge is 2.23. The van der Waals surface area contributed by atoms with Crippen LogP contribution in [-0.4, -0.2) is 42.1 Å². The van der Waals surface area contributed by atoms with Crippen LogP contribution in [0.15, 0.2) is 18.2 Å². The predicted octanol–water partition coefficient (Wildman–Crippen LogP) is 1.99. The average molecular weight is 255 g/mol. The van der Waals surface area contributed by atoms with Crippen LogP contribution in [0.4, 0.5) is 0 Å². The van der Waals surface area contributed by atoms with Crippen molar-refractivity contribution in [1.29, 1.82) is 0 Å². The van der Waals surface area contributed by atoms with Crippen LogP contribution in [-0.2, 0) is 4.74 Å². The second kappa shape index (κ2) is 5.47. The molecule has 92 valence electrons. The van der Waals surface area contributed by atoms with E-state index in [4.69, 9.17) is 16.3 Å². The van der Waals surface area contributed by atoms with E-state index < -0.39 is 0 Å². The highest BCUT2D eigenvalue weighted by molar-refractivity contribution is 6.29. The first kappa shape index (κ1) is 12.3. The van der Waals surface area contributed by atoms with Gasteiger partial charge in [0.2, 0.25) is 0 Å². The summed E-state index contributed by atoms with van der Waals surface area (Å²) in [7, 11) is 1.81. The lowest BCUT2D eigenvalue weighted by atomic mass is 10.1. The molecule has 1 fully saturated rings. The Bertz CT molecular complexity index is 405. The second-order valence-corrected chi connectivity index (χ2v) is 4.49. The number of nitrogens with zero attached hydrogens (tertiary/aromatic N) is 2. The van der Waals surface area contributed by atoms with Crippen LogP contribution in [0.1, 0.15) is 23.3 Å². The van der Waals surface area contributed by atoms with Gasteiger partial charge in [0.15, 0.2) is 0 Å². The Morgan fingerprint density at radius 3 is 2.82 bits per heavy atom. The SMILES string of the molecule is CN(C(=O)c1cccc(Cl)n1)C1CCOCC1. The molecule has 5 heteroatoms. The summed E-state index contributed by atoms with van der Waals surface area (Å²) in [4.78, 5) is 17.9. The molecule has 1 aliphatic heterocycles. The zero-order valence-electron chi connectivity index (χ0n) is 9.73. The molecule has 0 spiro atoms. The number of rotatable bonds is 2. The Balaban J connectivity index is 2.08. The molecular weight excluding hydrogens is 240 g/mol. The number of ether oxygens (including phenoxy) is 1. The number of amides is 1. The maximum absolute atomic E-state index is 12.2. The number of halogens is 1. The maximum atomic E-state index is 12.2. The van der Waals surface area contributed by atoms with Crippen LogP contribution in [0.3, 0.4) is 0 Å². The zero-order chi connectivity index (χ0) is 12.3. The van der Waals surface area contributed by atoms with Gasteiger partial charge >= 0.3 is 0 Å². The van der Waals surface area contributed by atoms with E-state index in [1.807, 2.05) is 0 Å². The Kier molecular flexibility index (Phi) is 3.97. The average Bonchev–Trinajstić information content (AvgIpc) is 2.38. The fraction of sp³-hybridized carbons (Fsp3) is 0.500. The standard InChI is InChI=1S/C12H15ClN2O2/c1-15(9-5-7-17-8-6-9)12(16)10-3-2-4-11(13)14-10/h2-4,9H,5-8H2,1H3. The summed E-state index contributed by atoms with van der Waals surface area (Å²) in [6.07, 6.45) is 1.76. The maximum Gasteiger partial charge on any atom is 0.272 e. The van der Waals surface area contributed by atoms with Gasteiger partial charge in [0.05, 0.1) is 0 Å². The smallest absolute Gasteiger partial charge is 0.272 e. The summed E-state index contributed by atoms with van der Waals surface area (Å²) in [6.45, 7) is 1.43. The summed E-state index contributed by atoms with van der Waals surface area (Å²) in [5, 5.41) is 0.344. The molecular formula is C12H15ClN2O2. The Labute approximate surface area is 106 Å². The van der Waals surface area contributed by atoms with E-state index in [9.17, 15) is 4.79 Å². The number of carbonyl (C=O) groups excluding carboxylic acids is 1. The van der Waals surface area contributed by atoms with Crippen molar-refractivity contribution < 1.29 is 9.53 Å². The van der Waals surface area contributed by atoms with Crippen LogP contribution >= 0.6 is 11.6 Å². The van der Waals surface area contributed by atoms with E-state index in [1.54, 1.807) is 30.1 Å². The van der Waals surface area contributed by atoms with Gasteiger partial charge in [0, 0.05) is 26.3 Å². The van der Waals surface area contributed by atoms with Gasteiger partial charge in [0.25, 0.3) is 5.91 Å². The van der Waals surface area contributed by atoms with Crippen LogP contribution in [0.25, 0.3) is 0 Å². The first-order valence-corrected chi connectivity index (χ1v) is 6.04. The van der Waals surface area contributed by atoms with E-state index >= 15 is 0 Å². The molecule has 2 rings (SSSR count). The quantitative estimate of drug-likeness (QED) is 0.758. The van der Waals surface area contributed by atoms with Crippen molar-refractivity contribution >= 4 is 17.5 Å². The summed E-state index contributed by atoms with van der Waals surface area (Å²) in [5.41, 5.74) is 0.395. The van der Waals surface area contributed by atoms with Crippen molar-refractivity contribution in [1.82, 2.24) is 9.88 Å². The van der Waals surface area contributed by atoms with Crippen molar-refractivity contribution in [3.8, 4) is 0 Å². The minimum Gasteiger partial charge on any atom is -0.381 e. The highest BCUT2D eigenvalue weighted by Crippen LogP contribution is 2.15. The van der Waals surface area contributed by atoms with Crippen molar-refractivity contribution in [2.24, 2.45) is 0 Å². The molecule has 1 aliphatic rings. The van der Waals surface area contributed by atoms with Gasteiger partial charge in [-0.1, -0.05) is 17.7 Å². The van der Waals surface area contributed by atoms with Crippen LogP contribution < -0.4 is 0 Å². The summed E-state index contributed by atoms with van der Waals surface area (Å²) < 4.78 is 5.28. The summed E-state index contributed by atoms with van der Waals surface area (Å²) in [5.74, 6) is -0.0839. The van der Waals surface area contributed by atoms with Crippen LogP contribution in [0.5, 0.6) is 0 Å². The molecule has 0 unspecified atom stereocenters. The second-order valence-electron chi connectivity index (χ2n) is 4.11. The molecule has 1 aromatic heterocycles.